The van der Waals surface area contributed by atoms with E-state index in [9.17, 15) is 10.5 Å². The Labute approximate surface area is 238 Å². The molecule has 1 aliphatic heterocycles. The number of nitrogens with zero attached hydrogens (tertiary/aromatic N) is 3. The van der Waals surface area contributed by atoms with E-state index in [4.69, 9.17) is 4.99 Å². The van der Waals surface area contributed by atoms with Crippen LogP contribution in [0.4, 0.5) is 5.69 Å². The summed E-state index contributed by atoms with van der Waals surface area (Å²) < 4.78 is 0. The number of hydrogen-bond acceptors (Lipinski definition) is 3. The highest BCUT2D eigenvalue weighted by atomic mass is 14.8. The second-order valence-electron chi connectivity index (χ2n) is 10.3. The molecular weight excluding hydrogens is 498 g/mol. The molecule has 41 heavy (non-hydrogen) atoms. The number of rotatable bonds is 4. The highest BCUT2D eigenvalue weighted by molar-refractivity contribution is 6.08. The topological polar surface area (TPSA) is 59.9 Å². The lowest BCUT2D eigenvalue weighted by atomic mass is 9.89. The standard InChI is InChI=1S/C38H23N3/c39-23-25-6-5-8-29(18-25)31-19-26(24-40)20-32(21-31)34-17-16-33(35-9-2-3-10-36(34)35)27-12-14-28(15-13-27)38-22-30-7-1-4-11-37(30)41-38/h1-21H,22H2. The van der Waals surface area contributed by atoms with Gasteiger partial charge >= 0.3 is 0 Å². The molecule has 0 atom stereocenters. The van der Waals surface area contributed by atoms with Gasteiger partial charge < -0.3 is 0 Å². The second kappa shape index (κ2) is 10.1. The van der Waals surface area contributed by atoms with Crippen LogP contribution in [0.5, 0.6) is 0 Å². The lowest BCUT2D eigenvalue weighted by Gasteiger charge is -2.14. The summed E-state index contributed by atoms with van der Waals surface area (Å²) >= 11 is 0. The summed E-state index contributed by atoms with van der Waals surface area (Å²) in [7, 11) is 0. The lowest BCUT2D eigenvalue weighted by molar-refractivity contribution is 1.39. The summed E-state index contributed by atoms with van der Waals surface area (Å²) in [5.74, 6) is 0. The second-order valence-corrected chi connectivity index (χ2v) is 10.3. The van der Waals surface area contributed by atoms with E-state index in [-0.39, 0.29) is 0 Å². The molecule has 0 saturated carbocycles. The Morgan fingerprint density at radius 2 is 1.12 bits per heavy atom. The molecule has 0 N–H and O–H groups in total. The summed E-state index contributed by atoms with van der Waals surface area (Å²) in [6, 6.07) is 47.7. The van der Waals surface area contributed by atoms with Gasteiger partial charge in [-0.15, -0.1) is 0 Å². The van der Waals surface area contributed by atoms with Gasteiger partial charge in [-0.1, -0.05) is 91.0 Å². The van der Waals surface area contributed by atoms with E-state index in [2.05, 4.69) is 97.1 Å². The molecule has 6 aromatic rings. The van der Waals surface area contributed by atoms with Crippen LogP contribution in [-0.2, 0) is 6.42 Å². The van der Waals surface area contributed by atoms with Gasteiger partial charge in [-0.3, -0.25) is 4.99 Å². The van der Waals surface area contributed by atoms with Crippen LogP contribution in [0.2, 0.25) is 0 Å². The van der Waals surface area contributed by atoms with E-state index in [1.165, 1.54) is 5.56 Å². The van der Waals surface area contributed by atoms with E-state index in [1.807, 2.05) is 36.4 Å². The molecule has 1 aliphatic rings. The quantitative estimate of drug-likeness (QED) is 0.232. The fraction of sp³-hybridized carbons (Fsp3) is 0.0263. The van der Waals surface area contributed by atoms with Crippen LogP contribution in [0.3, 0.4) is 0 Å². The van der Waals surface area contributed by atoms with E-state index in [0.717, 1.165) is 67.5 Å². The Kier molecular flexibility index (Phi) is 5.97. The fourth-order valence-corrected chi connectivity index (χ4v) is 5.73. The smallest absolute Gasteiger partial charge is 0.0992 e. The number of fused-ring (bicyclic) bond motifs is 2. The zero-order valence-corrected chi connectivity index (χ0v) is 22.2. The van der Waals surface area contributed by atoms with Crippen molar-refractivity contribution in [2.75, 3.05) is 0 Å². The van der Waals surface area contributed by atoms with Crippen LogP contribution in [0.15, 0.2) is 132 Å². The molecule has 0 spiro atoms. The first-order valence-corrected chi connectivity index (χ1v) is 13.5. The average Bonchev–Trinajstić information content (AvgIpc) is 3.49. The van der Waals surface area contributed by atoms with Crippen molar-refractivity contribution < 1.29 is 0 Å². The van der Waals surface area contributed by atoms with Crippen LogP contribution in [-0.4, -0.2) is 5.71 Å². The summed E-state index contributed by atoms with van der Waals surface area (Å²) in [5, 5.41) is 21.5. The van der Waals surface area contributed by atoms with Gasteiger partial charge in [0.15, 0.2) is 0 Å². The molecular formula is C38H23N3. The molecule has 0 bridgehead atoms. The highest BCUT2D eigenvalue weighted by Crippen LogP contribution is 2.38. The molecule has 6 aromatic carbocycles. The van der Waals surface area contributed by atoms with Crippen LogP contribution < -0.4 is 0 Å². The molecule has 0 radical (unpaired) electrons. The summed E-state index contributed by atoms with van der Waals surface area (Å²) in [5.41, 5.74) is 11.9. The van der Waals surface area contributed by atoms with Gasteiger partial charge in [0.1, 0.15) is 0 Å². The minimum Gasteiger partial charge on any atom is -0.252 e. The Balaban J connectivity index is 1.29. The Morgan fingerprint density at radius 1 is 0.488 bits per heavy atom. The zero-order chi connectivity index (χ0) is 27.8. The molecule has 190 valence electrons. The van der Waals surface area contributed by atoms with Crippen LogP contribution in [0, 0.1) is 22.7 Å². The van der Waals surface area contributed by atoms with Crippen molar-refractivity contribution in [1.29, 1.82) is 10.5 Å². The highest BCUT2D eigenvalue weighted by Gasteiger charge is 2.16. The largest absolute Gasteiger partial charge is 0.252 e. The van der Waals surface area contributed by atoms with Crippen LogP contribution >= 0.6 is 0 Å². The maximum absolute atomic E-state index is 9.83. The predicted molar refractivity (Wildman–Crippen MR) is 166 cm³/mol. The van der Waals surface area contributed by atoms with E-state index in [1.54, 1.807) is 6.07 Å². The molecule has 0 amide bonds. The van der Waals surface area contributed by atoms with Crippen molar-refractivity contribution in [3.63, 3.8) is 0 Å². The number of hydrogen-bond donors (Lipinski definition) is 0. The van der Waals surface area contributed by atoms with Crippen molar-refractivity contribution >= 4 is 22.2 Å². The van der Waals surface area contributed by atoms with Crippen LogP contribution in [0.1, 0.15) is 22.3 Å². The molecule has 0 fully saturated rings. The average molecular weight is 522 g/mol. The molecule has 7 rings (SSSR count). The first kappa shape index (κ1) is 24.3. The van der Waals surface area contributed by atoms with Crippen molar-refractivity contribution in [2.24, 2.45) is 4.99 Å². The maximum atomic E-state index is 9.83. The van der Waals surface area contributed by atoms with E-state index in [0.29, 0.717) is 11.1 Å². The molecule has 3 nitrogen and oxygen atoms in total. The van der Waals surface area contributed by atoms with Gasteiger partial charge in [-0.05, 0) is 91.7 Å². The number of nitriles is 2. The lowest BCUT2D eigenvalue weighted by Crippen LogP contribution is -1.99. The van der Waals surface area contributed by atoms with E-state index < -0.39 is 0 Å². The van der Waals surface area contributed by atoms with Gasteiger partial charge in [0, 0.05) is 6.42 Å². The molecule has 0 aromatic heterocycles. The van der Waals surface area contributed by atoms with E-state index >= 15 is 0 Å². The Bertz CT molecular complexity index is 2090. The minimum absolute atomic E-state index is 0.584. The SMILES string of the molecule is N#Cc1cccc(-c2cc(C#N)cc(-c3ccc(-c4ccc(C5=Nc6ccccc6C5)cc4)c4ccccc34)c2)c1. The van der Waals surface area contributed by atoms with Crippen molar-refractivity contribution in [2.45, 2.75) is 6.42 Å². The Morgan fingerprint density at radius 3 is 1.85 bits per heavy atom. The monoisotopic (exact) mass is 521 g/mol. The van der Waals surface area contributed by atoms with Gasteiger partial charge in [0.05, 0.1) is 34.7 Å². The third kappa shape index (κ3) is 4.47. The predicted octanol–water partition coefficient (Wildman–Crippen LogP) is 9.26. The first-order valence-electron chi connectivity index (χ1n) is 13.5. The van der Waals surface area contributed by atoms with Gasteiger partial charge in [0.25, 0.3) is 0 Å². The zero-order valence-electron chi connectivity index (χ0n) is 22.2. The molecule has 0 aliphatic carbocycles. The maximum Gasteiger partial charge on any atom is 0.0992 e. The molecule has 3 heteroatoms. The summed E-state index contributed by atoms with van der Waals surface area (Å²) in [4.78, 5) is 4.85. The Hall–Kier alpha value is -5.77. The van der Waals surface area contributed by atoms with Gasteiger partial charge in [-0.2, -0.15) is 10.5 Å². The minimum atomic E-state index is 0.584. The van der Waals surface area contributed by atoms with Crippen molar-refractivity contribution in [3.8, 4) is 45.5 Å². The molecule has 1 heterocycles. The summed E-state index contributed by atoms with van der Waals surface area (Å²) in [6.07, 6.45) is 0.859. The summed E-state index contributed by atoms with van der Waals surface area (Å²) in [6.45, 7) is 0. The normalized spacial score (nSPS) is 11.9. The number of aliphatic imine (C=N–C) groups is 1. The fourth-order valence-electron chi connectivity index (χ4n) is 5.73. The third-order valence-electron chi connectivity index (χ3n) is 7.76. The van der Waals surface area contributed by atoms with Crippen LogP contribution in [0.25, 0.3) is 44.2 Å². The third-order valence-corrected chi connectivity index (χ3v) is 7.76. The molecule has 0 saturated heterocycles. The van der Waals surface area contributed by atoms with Crippen molar-refractivity contribution in [3.05, 3.63) is 150 Å². The van der Waals surface area contributed by atoms with Gasteiger partial charge in [-0.25, -0.2) is 0 Å². The first-order chi connectivity index (χ1) is 20.2. The van der Waals surface area contributed by atoms with Gasteiger partial charge in [0.2, 0.25) is 0 Å². The number of para-hydroxylation sites is 1. The number of benzene rings is 6. The molecule has 0 unspecified atom stereocenters. The van der Waals surface area contributed by atoms with Crippen molar-refractivity contribution in [1.82, 2.24) is 0 Å².